The smallest absolute Gasteiger partial charge is 0.365 e. The Morgan fingerprint density at radius 3 is 2.48 bits per heavy atom. The summed E-state index contributed by atoms with van der Waals surface area (Å²) in [4.78, 5) is 23.1. The third-order valence-corrected chi connectivity index (χ3v) is 4.63. The van der Waals surface area contributed by atoms with Gasteiger partial charge in [0.2, 0.25) is 0 Å². The van der Waals surface area contributed by atoms with Gasteiger partial charge < -0.3 is 5.11 Å². The second-order valence-corrected chi connectivity index (χ2v) is 6.51. The van der Waals surface area contributed by atoms with Crippen LogP contribution in [0.4, 0.5) is 18.9 Å². The zero-order chi connectivity index (χ0) is 21.4. The number of benzene rings is 2. The number of alkyl halides is 3. The zero-order valence-electron chi connectivity index (χ0n) is 15.2. The fraction of sp³-hybridized carbons (Fsp3) is 0.263. The standard InChI is InChI=1S/C19H16F3N3O4/c1-2-12-6-8-14(9-7-12)18(27)11-16(19(20,21)22)23-24(18)17(26)13-4-3-5-15(10-13)25(28)29/h3-10,27H,2,11H2,1H3/t18-/m1/s1. The van der Waals surface area contributed by atoms with E-state index in [9.17, 15) is 33.2 Å². The Morgan fingerprint density at radius 1 is 1.28 bits per heavy atom. The van der Waals surface area contributed by atoms with Gasteiger partial charge in [-0.2, -0.15) is 23.3 Å². The minimum absolute atomic E-state index is 0.0523. The summed E-state index contributed by atoms with van der Waals surface area (Å²) in [5.74, 6) is -1.09. The van der Waals surface area contributed by atoms with Gasteiger partial charge in [0.05, 0.1) is 11.3 Å². The highest BCUT2D eigenvalue weighted by Crippen LogP contribution is 2.40. The summed E-state index contributed by atoms with van der Waals surface area (Å²) >= 11 is 0. The van der Waals surface area contributed by atoms with Gasteiger partial charge in [-0.25, -0.2) is 0 Å². The minimum atomic E-state index is -4.85. The molecule has 3 rings (SSSR count). The first-order valence-corrected chi connectivity index (χ1v) is 8.61. The molecule has 1 amide bonds. The third-order valence-electron chi connectivity index (χ3n) is 4.63. The quantitative estimate of drug-likeness (QED) is 0.617. The van der Waals surface area contributed by atoms with Gasteiger partial charge in [-0.1, -0.05) is 37.3 Å². The van der Waals surface area contributed by atoms with Crippen molar-refractivity contribution in [2.45, 2.75) is 31.7 Å². The Kier molecular flexibility index (Phi) is 5.14. The molecule has 1 aliphatic rings. The van der Waals surface area contributed by atoms with Crippen LogP contribution in [0.25, 0.3) is 0 Å². The van der Waals surface area contributed by atoms with Crippen molar-refractivity contribution in [2.75, 3.05) is 0 Å². The number of carbonyl (C=O) groups is 1. The molecule has 1 N–H and O–H groups in total. The Morgan fingerprint density at radius 2 is 1.93 bits per heavy atom. The average molecular weight is 407 g/mol. The van der Waals surface area contributed by atoms with Crippen LogP contribution in [0.1, 0.15) is 34.8 Å². The number of nitro groups is 1. The van der Waals surface area contributed by atoms with Crippen molar-refractivity contribution in [3.8, 4) is 0 Å². The lowest BCUT2D eigenvalue weighted by molar-refractivity contribution is -0.384. The van der Waals surface area contributed by atoms with Crippen molar-refractivity contribution in [3.05, 3.63) is 75.3 Å². The normalized spacial score (nSPS) is 19.2. The number of carbonyl (C=O) groups excluding carboxylic acids is 1. The molecule has 2 aromatic rings. The lowest BCUT2D eigenvalue weighted by Crippen LogP contribution is -2.43. The first-order chi connectivity index (χ1) is 13.6. The highest BCUT2D eigenvalue weighted by atomic mass is 19.4. The number of aryl methyl sites for hydroxylation is 1. The average Bonchev–Trinajstić information content (AvgIpc) is 3.06. The molecular formula is C19H16F3N3O4. The van der Waals surface area contributed by atoms with Gasteiger partial charge in [-0.3, -0.25) is 14.9 Å². The maximum atomic E-state index is 13.3. The highest BCUT2D eigenvalue weighted by Gasteiger charge is 2.53. The van der Waals surface area contributed by atoms with E-state index in [1.807, 2.05) is 6.92 Å². The van der Waals surface area contributed by atoms with Crippen LogP contribution in [-0.2, 0) is 12.1 Å². The topological polar surface area (TPSA) is 96.0 Å². The van der Waals surface area contributed by atoms with Crippen LogP contribution < -0.4 is 0 Å². The van der Waals surface area contributed by atoms with Crippen molar-refractivity contribution >= 4 is 17.3 Å². The first kappa shape index (κ1) is 20.5. The van der Waals surface area contributed by atoms with E-state index >= 15 is 0 Å². The largest absolute Gasteiger partial charge is 0.431 e. The molecule has 1 aliphatic heterocycles. The number of nitrogens with zero attached hydrogens (tertiary/aromatic N) is 3. The number of hydrogen-bond donors (Lipinski definition) is 1. The SMILES string of the molecule is CCc1ccc([C@]2(O)CC(C(F)(F)F)=NN2C(=O)c2cccc([N+](=O)[O-])c2)cc1. The Labute approximate surface area is 163 Å². The Balaban J connectivity index is 2.07. The monoisotopic (exact) mass is 407 g/mol. The summed E-state index contributed by atoms with van der Waals surface area (Å²) < 4.78 is 39.8. The van der Waals surface area contributed by atoms with Gasteiger partial charge in [0, 0.05) is 23.3 Å². The summed E-state index contributed by atoms with van der Waals surface area (Å²) in [6.07, 6.45) is -5.13. The van der Waals surface area contributed by atoms with E-state index in [0.717, 1.165) is 17.7 Å². The van der Waals surface area contributed by atoms with E-state index in [0.29, 0.717) is 11.4 Å². The Bertz CT molecular complexity index is 989. The number of aliphatic hydroxyl groups is 1. The molecule has 7 nitrogen and oxygen atoms in total. The number of non-ortho nitro benzene ring substituents is 1. The summed E-state index contributed by atoms with van der Waals surface area (Å²) in [7, 11) is 0. The number of hydrazone groups is 1. The molecule has 0 radical (unpaired) electrons. The van der Waals surface area contributed by atoms with Crippen LogP contribution >= 0.6 is 0 Å². The van der Waals surface area contributed by atoms with Gasteiger partial charge in [-0.05, 0) is 18.1 Å². The molecular weight excluding hydrogens is 391 g/mol. The fourth-order valence-electron chi connectivity index (χ4n) is 3.02. The van der Waals surface area contributed by atoms with Gasteiger partial charge in [0.15, 0.2) is 5.72 Å². The predicted molar refractivity (Wildman–Crippen MR) is 97.1 cm³/mol. The van der Waals surface area contributed by atoms with Crippen LogP contribution in [0.2, 0.25) is 0 Å². The molecule has 0 spiro atoms. The maximum absolute atomic E-state index is 13.3. The van der Waals surface area contributed by atoms with Crippen molar-refractivity contribution in [1.82, 2.24) is 5.01 Å². The lowest BCUT2D eigenvalue weighted by atomic mass is 9.95. The second kappa shape index (κ2) is 7.28. The Hall–Kier alpha value is -3.27. The van der Waals surface area contributed by atoms with Crippen molar-refractivity contribution in [3.63, 3.8) is 0 Å². The summed E-state index contributed by atoms with van der Waals surface area (Å²) in [5.41, 5.74) is -3.43. The van der Waals surface area contributed by atoms with Crippen LogP contribution in [-0.4, -0.2) is 32.8 Å². The summed E-state index contributed by atoms with van der Waals surface area (Å²) in [6.45, 7) is 1.89. The van der Waals surface area contributed by atoms with Crippen LogP contribution in [0.5, 0.6) is 0 Å². The molecule has 0 bridgehead atoms. The molecule has 0 saturated carbocycles. The predicted octanol–water partition coefficient (Wildman–Crippen LogP) is 3.77. The number of hydrogen-bond acceptors (Lipinski definition) is 5. The van der Waals surface area contributed by atoms with Crippen molar-refractivity contribution < 1.29 is 28.0 Å². The second-order valence-electron chi connectivity index (χ2n) is 6.51. The van der Waals surface area contributed by atoms with Gasteiger partial charge >= 0.3 is 6.18 Å². The van der Waals surface area contributed by atoms with E-state index in [4.69, 9.17) is 0 Å². The van der Waals surface area contributed by atoms with Crippen molar-refractivity contribution in [1.29, 1.82) is 0 Å². The number of amides is 1. The molecule has 10 heteroatoms. The van der Waals surface area contributed by atoms with Gasteiger partial charge in [0.25, 0.3) is 11.6 Å². The molecule has 0 aliphatic carbocycles. The van der Waals surface area contributed by atoms with E-state index in [-0.39, 0.29) is 11.1 Å². The van der Waals surface area contributed by atoms with E-state index in [1.165, 1.54) is 24.3 Å². The molecule has 1 atom stereocenters. The molecule has 1 heterocycles. The van der Waals surface area contributed by atoms with Crippen LogP contribution in [0, 0.1) is 10.1 Å². The van der Waals surface area contributed by atoms with E-state index in [2.05, 4.69) is 5.10 Å². The molecule has 0 fully saturated rings. The molecule has 29 heavy (non-hydrogen) atoms. The zero-order valence-corrected chi connectivity index (χ0v) is 15.2. The first-order valence-electron chi connectivity index (χ1n) is 8.61. The molecule has 2 aromatic carbocycles. The van der Waals surface area contributed by atoms with Gasteiger partial charge in [0.1, 0.15) is 5.71 Å². The highest BCUT2D eigenvalue weighted by molar-refractivity contribution is 6.00. The van der Waals surface area contributed by atoms with Crippen LogP contribution in [0.15, 0.2) is 53.6 Å². The number of nitro benzene ring substituents is 1. The fourth-order valence-corrected chi connectivity index (χ4v) is 3.02. The maximum Gasteiger partial charge on any atom is 0.431 e. The third kappa shape index (κ3) is 3.83. The minimum Gasteiger partial charge on any atom is -0.365 e. The molecule has 0 unspecified atom stereocenters. The molecule has 0 aromatic heterocycles. The van der Waals surface area contributed by atoms with E-state index < -0.39 is 40.6 Å². The molecule has 0 saturated heterocycles. The lowest BCUT2D eigenvalue weighted by Gasteiger charge is -2.31. The number of halogens is 3. The summed E-state index contributed by atoms with van der Waals surface area (Å²) in [5, 5.41) is 25.7. The van der Waals surface area contributed by atoms with E-state index in [1.54, 1.807) is 12.1 Å². The number of rotatable bonds is 4. The van der Waals surface area contributed by atoms with Gasteiger partial charge in [-0.15, -0.1) is 0 Å². The summed E-state index contributed by atoms with van der Waals surface area (Å²) in [6, 6.07) is 10.6. The molecule has 152 valence electrons. The van der Waals surface area contributed by atoms with Crippen molar-refractivity contribution in [2.24, 2.45) is 5.10 Å². The van der Waals surface area contributed by atoms with Crippen LogP contribution in [0.3, 0.4) is 0 Å².